The molecule has 22 heavy (non-hydrogen) atoms. The highest BCUT2D eigenvalue weighted by molar-refractivity contribution is 5.95. The molecule has 0 aliphatic carbocycles. The van der Waals surface area contributed by atoms with Gasteiger partial charge in [0.25, 0.3) is 5.91 Å². The number of piperidine rings is 1. The molecule has 1 amide bonds. The molecule has 2 aromatic heterocycles. The van der Waals surface area contributed by atoms with E-state index in [1.165, 1.54) is 17.4 Å². The van der Waals surface area contributed by atoms with Crippen molar-refractivity contribution < 1.29 is 13.7 Å². The summed E-state index contributed by atoms with van der Waals surface area (Å²) < 4.78 is 19.2. The first kappa shape index (κ1) is 14.4. The molecule has 8 heteroatoms. The van der Waals surface area contributed by atoms with E-state index in [2.05, 4.69) is 20.1 Å². The predicted molar refractivity (Wildman–Crippen MR) is 75.0 cm³/mol. The third-order valence-corrected chi connectivity index (χ3v) is 3.61. The number of likely N-dealkylation sites (tertiary alicyclic amines) is 1. The Kier molecular flexibility index (Phi) is 3.99. The van der Waals surface area contributed by atoms with Gasteiger partial charge in [0.15, 0.2) is 11.7 Å². The number of H-pyrrole nitrogens is 1. The number of rotatable bonds is 3. The molecule has 1 fully saturated rings. The summed E-state index contributed by atoms with van der Waals surface area (Å²) in [5, 5.41) is 3.87. The van der Waals surface area contributed by atoms with Crippen LogP contribution < -0.4 is 0 Å². The maximum Gasteiger partial charge on any atom is 0.283 e. The molecule has 3 rings (SSSR count). The largest absolute Gasteiger partial charge is 0.345 e. The van der Waals surface area contributed by atoms with E-state index in [0.717, 1.165) is 18.9 Å². The van der Waals surface area contributed by atoms with E-state index in [9.17, 15) is 9.18 Å². The van der Waals surface area contributed by atoms with Gasteiger partial charge in [-0.2, -0.15) is 4.98 Å². The fourth-order valence-electron chi connectivity index (χ4n) is 2.57. The number of aryl methyl sites for hydroxylation is 1. The summed E-state index contributed by atoms with van der Waals surface area (Å²) in [5.41, 5.74) is 0.440. The number of hydrogen-bond donors (Lipinski definition) is 1. The number of aromatic amines is 1. The van der Waals surface area contributed by atoms with Gasteiger partial charge in [-0.15, -0.1) is 0 Å². The van der Waals surface area contributed by atoms with Crippen molar-refractivity contribution in [1.82, 2.24) is 25.0 Å². The zero-order chi connectivity index (χ0) is 15.5. The molecule has 7 nitrogen and oxygen atoms in total. The number of imidazole rings is 1. The van der Waals surface area contributed by atoms with Crippen LogP contribution in [-0.4, -0.2) is 37.5 Å². The summed E-state index contributed by atoms with van der Waals surface area (Å²) in [4.78, 5) is 24.5. The van der Waals surface area contributed by atoms with Crippen LogP contribution in [0.5, 0.6) is 0 Å². The number of aromatic nitrogens is 4. The highest BCUT2D eigenvalue weighted by Gasteiger charge is 2.33. The monoisotopic (exact) mass is 305 g/mol. The van der Waals surface area contributed by atoms with Crippen LogP contribution >= 0.6 is 0 Å². The van der Waals surface area contributed by atoms with Crippen LogP contribution in [0.15, 0.2) is 22.9 Å². The number of amides is 1. The lowest BCUT2D eigenvalue weighted by Crippen LogP contribution is -2.39. The van der Waals surface area contributed by atoms with Crippen molar-refractivity contribution in [2.45, 2.75) is 32.2 Å². The molecule has 1 aliphatic heterocycles. The summed E-state index contributed by atoms with van der Waals surface area (Å²) in [6.45, 7) is 2.16. The first-order valence-electron chi connectivity index (χ1n) is 7.12. The first-order chi connectivity index (χ1) is 10.6. The number of nitrogens with zero attached hydrogens (tertiary/aromatic N) is 4. The van der Waals surface area contributed by atoms with E-state index in [0.29, 0.717) is 30.4 Å². The van der Waals surface area contributed by atoms with Crippen LogP contribution in [-0.2, 0) is 4.79 Å². The lowest BCUT2D eigenvalue weighted by atomic mass is 10.0. The molecule has 1 unspecified atom stereocenters. The number of carbonyl (C=O) groups excluding carboxylic acids is 1. The van der Waals surface area contributed by atoms with Gasteiger partial charge in [-0.3, -0.25) is 4.79 Å². The van der Waals surface area contributed by atoms with Gasteiger partial charge in [0, 0.05) is 19.5 Å². The average molecular weight is 305 g/mol. The Morgan fingerprint density at radius 1 is 1.55 bits per heavy atom. The topological polar surface area (TPSA) is 87.9 Å². The van der Waals surface area contributed by atoms with Crippen LogP contribution in [0.4, 0.5) is 4.39 Å². The molecule has 1 atom stereocenters. The highest BCUT2D eigenvalue weighted by Crippen LogP contribution is 2.30. The van der Waals surface area contributed by atoms with E-state index >= 15 is 0 Å². The van der Waals surface area contributed by atoms with E-state index < -0.39 is 11.7 Å². The minimum atomic E-state index is -0.837. The molecule has 3 heterocycles. The van der Waals surface area contributed by atoms with Crippen molar-refractivity contribution in [2.75, 3.05) is 6.54 Å². The molecule has 0 spiro atoms. The van der Waals surface area contributed by atoms with Gasteiger partial charge in [0.2, 0.25) is 5.89 Å². The molecule has 116 valence electrons. The van der Waals surface area contributed by atoms with Crippen LogP contribution in [0, 0.1) is 6.92 Å². The summed E-state index contributed by atoms with van der Waals surface area (Å²) in [6.07, 6.45) is 6.48. The normalized spacial score (nSPS) is 19.5. The van der Waals surface area contributed by atoms with Crippen LogP contribution in [0.25, 0.3) is 6.08 Å². The van der Waals surface area contributed by atoms with Crippen molar-refractivity contribution in [3.63, 3.8) is 0 Å². The smallest absolute Gasteiger partial charge is 0.283 e. The van der Waals surface area contributed by atoms with Crippen molar-refractivity contribution in [3.05, 3.63) is 35.8 Å². The van der Waals surface area contributed by atoms with Crippen LogP contribution in [0.2, 0.25) is 0 Å². The summed E-state index contributed by atoms with van der Waals surface area (Å²) >= 11 is 0. The summed E-state index contributed by atoms with van der Waals surface area (Å²) in [6, 6.07) is -0.348. The number of carbonyl (C=O) groups is 1. The Bertz CT molecular complexity index is 679. The van der Waals surface area contributed by atoms with E-state index in [4.69, 9.17) is 4.52 Å². The molecule has 1 saturated heterocycles. The molecule has 0 radical (unpaired) electrons. The molecule has 0 bridgehead atoms. The summed E-state index contributed by atoms with van der Waals surface area (Å²) in [5.74, 6) is -0.639. The standard InChI is InChI=1S/C14H16FN5O2/c1-9-18-13(19-22-9)12-4-2-3-5-20(12)14(21)11(15)6-10-7-16-8-17-10/h6-8,12H,2-5H2,1H3,(H,16,17)/b11-6-. The third kappa shape index (κ3) is 2.90. The number of hydrogen-bond acceptors (Lipinski definition) is 5. The zero-order valence-corrected chi connectivity index (χ0v) is 12.1. The average Bonchev–Trinajstić information content (AvgIpc) is 3.18. The maximum absolute atomic E-state index is 14.2. The van der Waals surface area contributed by atoms with Gasteiger partial charge in [-0.25, -0.2) is 9.37 Å². The molecule has 1 aliphatic rings. The molecule has 0 saturated carbocycles. The fraction of sp³-hybridized carbons (Fsp3) is 0.429. The van der Waals surface area contributed by atoms with Gasteiger partial charge < -0.3 is 14.4 Å². The SMILES string of the molecule is Cc1nc(C2CCCCN2C(=O)/C(F)=C/c2cnc[nH]2)no1. The minimum Gasteiger partial charge on any atom is -0.345 e. The maximum atomic E-state index is 14.2. The Morgan fingerprint density at radius 2 is 2.41 bits per heavy atom. The summed E-state index contributed by atoms with van der Waals surface area (Å²) in [7, 11) is 0. The lowest BCUT2D eigenvalue weighted by Gasteiger charge is -2.33. The quantitative estimate of drug-likeness (QED) is 0.878. The van der Waals surface area contributed by atoms with Crippen molar-refractivity contribution in [2.24, 2.45) is 0 Å². The Morgan fingerprint density at radius 3 is 3.09 bits per heavy atom. The second kappa shape index (κ2) is 6.08. The van der Waals surface area contributed by atoms with Crippen LogP contribution in [0.1, 0.15) is 42.7 Å². The van der Waals surface area contributed by atoms with Crippen molar-refractivity contribution in [3.8, 4) is 0 Å². The third-order valence-electron chi connectivity index (χ3n) is 3.61. The van der Waals surface area contributed by atoms with E-state index in [-0.39, 0.29) is 6.04 Å². The molecule has 2 aromatic rings. The van der Waals surface area contributed by atoms with E-state index in [1.54, 1.807) is 6.92 Å². The van der Waals surface area contributed by atoms with Crippen molar-refractivity contribution >= 4 is 12.0 Å². The molecule has 1 N–H and O–H groups in total. The van der Waals surface area contributed by atoms with Crippen LogP contribution in [0.3, 0.4) is 0 Å². The zero-order valence-electron chi connectivity index (χ0n) is 12.1. The second-order valence-electron chi connectivity index (χ2n) is 5.18. The van der Waals surface area contributed by atoms with Gasteiger partial charge in [0.05, 0.1) is 24.3 Å². The first-order valence-corrected chi connectivity index (χ1v) is 7.12. The molecule has 0 aromatic carbocycles. The van der Waals surface area contributed by atoms with Crippen molar-refractivity contribution in [1.29, 1.82) is 0 Å². The Balaban J connectivity index is 1.82. The second-order valence-corrected chi connectivity index (χ2v) is 5.18. The minimum absolute atomic E-state index is 0.348. The fourth-order valence-corrected chi connectivity index (χ4v) is 2.57. The van der Waals surface area contributed by atoms with Gasteiger partial charge >= 0.3 is 0 Å². The predicted octanol–water partition coefficient (Wildman–Crippen LogP) is 2.17. The Labute approximate surface area is 126 Å². The number of nitrogens with one attached hydrogen (secondary N) is 1. The molecular weight excluding hydrogens is 289 g/mol. The van der Waals surface area contributed by atoms with Gasteiger partial charge in [-0.1, -0.05) is 5.16 Å². The van der Waals surface area contributed by atoms with E-state index in [1.807, 2.05) is 0 Å². The van der Waals surface area contributed by atoms with Gasteiger partial charge in [-0.05, 0) is 19.3 Å². The highest BCUT2D eigenvalue weighted by atomic mass is 19.1. The van der Waals surface area contributed by atoms with Gasteiger partial charge in [0.1, 0.15) is 0 Å². The lowest BCUT2D eigenvalue weighted by molar-refractivity contribution is -0.132. The Hall–Kier alpha value is -2.51. The molecular formula is C14H16FN5O2. The number of halogens is 1.